The van der Waals surface area contributed by atoms with E-state index < -0.39 is 5.82 Å². The lowest BCUT2D eigenvalue weighted by atomic mass is 9.39. The van der Waals surface area contributed by atoms with Crippen molar-refractivity contribution in [1.29, 1.82) is 0 Å². The molecule has 1 N–H and O–H groups in total. The molecule has 6 rings (SSSR count). The van der Waals surface area contributed by atoms with Crippen LogP contribution in [0, 0.1) is 11.7 Å². The van der Waals surface area contributed by atoms with Gasteiger partial charge in [-0.1, -0.05) is 18.5 Å². The van der Waals surface area contributed by atoms with Crippen LogP contribution in [0.4, 0.5) is 4.39 Å². The van der Waals surface area contributed by atoms with Crippen LogP contribution in [0.5, 0.6) is 5.75 Å². The summed E-state index contributed by atoms with van der Waals surface area (Å²) < 4.78 is 24.7. The Hall–Kier alpha value is -2.15. The lowest BCUT2D eigenvalue weighted by molar-refractivity contribution is -0.143. The van der Waals surface area contributed by atoms with Gasteiger partial charge in [0.2, 0.25) is 11.8 Å². The first-order valence-electron chi connectivity index (χ1n) is 9.61. The molecule has 0 spiro atoms. The van der Waals surface area contributed by atoms with Crippen LogP contribution in [0.1, 0.15) is 56.7 Å². The third-order valence-electron chi connectivity index (χ3n) is 6.31. The quantitative estimate of drug-likeness (QED) is 0.759. The Kier molecular flexibility index (Phi) is 3.95. The maximum absolute atomic E-state index is 13.4. The molecular formula is C20H21ClFN3O3. The number of halogens is 2. The smallest absolute Gasteiger partial charge is 0.258 e. The van der Waals surface area contributed by atoms with Crippen molar-refractivity contribution in [2.45, 2.75) is 55.9 Å². The Bertz CT molecular complexity index is 923. The number of nitrogens with zero attached hydrogens (tertiary/aromatic N) is 2. The fourth-order valence-corrected chi connectivity index (χ4v) is 4.74. The number of aromatic nitrogens is 2. The second-order valence-corrected chi connectivity index (χ2v) is 8.98. The summed E-state index contributed by atoms with van der Waals surface area (Å²) in [5, 5.41) is 11.6. The van der Waals surface area contributed by atoms with E-state index in [1.807, 2.05) is 0 Å². The van der Waals surface area contributed by atoms with Crippen molar-refractivity contribution in [1.82, 2.24) is 15.5 Å². The summed E-state index contributed by atoms with van der Waals surface area (Å²) in [6.07, 6.45) is 4.90. The van der Waals surface area contributed by atoms with Crippen LogP contribution >= 0.6 is 11.6 Å². The molecule has 2 aromatic rings. The number of hydrogen-bond acceptors (Lipinski definition) is 5. The molecule has 0 unspecified atom stereocenters. The first kappa shape index (κ1) is 17.9. The summed E-state index contributed by atoms with van der Waals surface area (Å²) in [4.78, 5) is 12.2. The van der Waals surface area contributed by atoms with Crippen LogP contribution in [-0.4, -0.2) is 28.3 Å². The number of carbonyl (C=O) groups is 1. The Balaban J connectivity index is 1.13. The molecule has 0 radical (unpaired) electrons. The predicted molar refractivity (Wildman–Crippen MR) is 98.7 cm³/mol. The summed E-state index contributed by atoms with van der Waals surface area (Å²) >= 11 is 5.64. The highest BCUT2D eigenvalue weighted by Crippen LogP contribution is 2.67. The molecule has 28 heavy (non-hydrogen) atoms. The van der Waals surface area contributed by atoms with Crippen LogP contribution < -0.4 is 10.1 Å². The van der Waals surface area contributed by atoms with Crippen LogP contribution in [0.2, 0.25) is 5.02 Å². The SMILES string of the molecule is C[C@H](c1nnc(C23CC(NC(=O)COc4ccc(Cl)c(F)c4)(C2)C3)o1)C1CC1. The Morgan fingerprint density at radius 2 is 2.14 bits per heavy atom. The molecule has 4 saturated carbocycles. The minimum Gasteiger partial charge on any atom is -0.484 e. The summed E-state index contributed by atoms with van der Waals surface area (Å²) in [6.45, 7) is 1.98. The molecular weight excluding hydrogens is 385 g/mol. The van der Waals surface area contributed by atoms with Gasteiger partial charge in [0.05, 0.1) is 10.4 Å². The predicted octanol–water partition coefficient (Wildman–Crippen LogP) is 3.74. The van der Waals surface area contributed by atoms with Crippen LogP contribution in [0.25, 0.3) is 0 Å². The standard InChI is InChI=1S/C20H21ClFN3O3/c1-11(12-2-3-12)17-24-25-18(28-17)19-8-20(9-19,10-19)23-16(26)7-27-13-4-5-14(21)15(22)6-13/h4-6,11-12H,2-3,7-10H2,1H3,(H,23,26)/t11-,19?,20?/m0/s1. The second-order valence-electron chi connectivity index (χ2n) is 8.58. The molecule has 4 aliphatic carbocycles. The molecule has 0 aliphatic heterocycles. The Labute approximate surface area is 166 Å². The van der Waals surface area contributed by atoms with E-state index >= 15 is 0 Å². The molecule has 8 heteroatoms. The molecule has 1 atom stereocenters. The van der Waals surface area contributed by atoms with Crippen molar-refractivity contribution in [2.24, 2.45) is 5.92 Å². The fourth-order valence-electron chi connectivity index (χ4n) is 4.63. The number of ether oxygens (including phenoxy) is 1. The van der Waals surface area contributed by atoms with Gasteiger partial charge in [-0.3, -0.25) is 4.79 Å². The van der Waals surface area contributed by atoms with Gasteiger partial charge >= 0.3 is 0 Å². The van der Waals surface area contributed by atoms with Crippen molar-refractivity contribution in [3.05, 3.63) is 40.8 Å². The molecule has 1 aromatic heterocycles. The second kappa shape index (κ2) is 6.17. The van der Waals surface area contributed by atoms with Gasteiger partial charge in [-0.15, -0.1) is 10.2 Å². The van der Waals surface area contributed by atoms with Crippen LogP contribution in [0.3, 0.4) is 0 Å². The number of carbonyl (C=O) groups excluding carboxylic acids is 1. The molecule has 1 aromatic carbocycles. The van der Waals surface area contributed by atoms with E-state index in [-0.39, 0.29) is 34.2 Å². The third-order valence-corrected chi connectivity index (χ3v) is 6.62. The summed E-state index contributed by atoms with van der Waals surface area (Å²) in [5.74, 6) is 1.93. The average molecular weight is 406 g/mol. The number of hydrogen-bond donors (Lipinski definition) is 1. The highest BCUT2D eigenvalue weighted by Gasteiger charge is 2.71. The summed E-state index contributed by atoms with van der Waals surface area (Å²) in [6, 6.07) is 4.10. The maximum atomic E-state index is 13.4. The number of amides is 1. The third kappa shape index (κ3) is 2.96. The van der Waals surface area contributed by atoms with Gasteiger partial charge in [0.1, 0.15) is 11.6 Å². The Morgan fingerprint density at radius 1 is 1.39 bits per heavy atom. The van der Waals surface area contributed by atoms with Gasteiger partial charge in [0.15, 0.2) is 6.61 Å². The largest absolute Gasteiger partial charge is 0.484 e. The summed E-state index contributed by atoms with van der Waals surface area (Å²) in [5.41, 5.74) is -0.287. The van der Waals surface area contributed by atoms with Gasteiger partial charge in [0.25, 0.3) is 5.91 Å². The molecule has 0 saturated heterocycles. The zero-order valence-corrected chi connectivity index (χ0v) is 16.3. The van der Waals surface area contributed by atoms with Crippen LogP contribution in [-0.2, 0) is 10.2 Å². The lowest BCUT2D eigenvalue weighted by Gasteiger charge is -2.68. The monoisotopic (exact) mass is 405 g/mol. The van der Waals surface area contributed by atoms with E-state index in [2.05, 4.69) is 22.4 Å². The normalized spacial score (nSPS) is 28.8. The van der Waals surface area contributed by atoms with Crippen molar-refractivity contribution < 1.29 is 18.3 Å². The van der Waals surface area contributed by atoms with Crippen LogP contribution in [0.15, 0.2) is 22.6 Å². The van der Waals surface area contributed by atoms with Gasteiger partial charge in [-0.05, 0) is 50.2 Å². The average Bonchev–Trinajstić information content (AvgIpc) is 3.34. The summed E-state index contributed by atoms with van der Waals surface area (Å²) in [7, 11) is 0. The molecule has 4 fully saturated rings. The Morgan fingerprint density at radius 3 is 2.82 bits per heavy atom. The zero-order valence-electron chi connectivity index (χ0n) is 15.5. The van der Waals surface area contributed by atoms with Gasteiger partial charge in [-0.25, -0.2) is 4.39 Å². The molecule has 4 aliphatic rings. The van der Waals surface area contributed by atoms with Crippen molar-refractivity contribution in [2.75, 3.05) is 6.61 Å². The highest BCUT2D eigenvalue weighted by atomic mass is 35.5. The topological polar surface area (TPSA) is 77.2 Å². The number of rotatable bonds is 7. The first-order chi connectivity index (χ1) is 13.4. The fraction of sp³-hybridized carbons (Fsp3) is 0.550. The minimum atomic E-state index is -0.573. The van der Waals surface area contributed by atoms with Gasteiger partial charge in [-0.2, -0.15) is 0 Å². The van der Waals surface area contributed by atoms with E-state index in [0.29, 0.717) is 17.7 Å². The van der Waals surface area contributed by atoms with Gasteiger partial charge < -0.3 is 14.5 Å². The van der Waals surface area contributed by atoms with Crippen molar-refractivity contribution in [3.63, 3.8) is 0 Å². The molecule has 148 valence electrons. The van der Waals surface area contributed by atoms with E-state index in [4.69, 9.17) is 20.8 Å². The zero-order chi connectivity index (χ0) is 19.5. The van der Waals surface area contributed by atoms with E-state index in [0.717, 1.165) is 25.2 Å². The molecule has 1 heterocycles. The highest BCUT2D eigenvalue weighted by molar-refractivity contribution is 6.30. The molecule has 1 amide bonds. The lowest BCUT2D eigenvalue weighted by Crippen LogP contribution is -2.77. The number of benzene rings is 1. The first-order valence-corrected chi connectivity index (χ1v) is 9.99. The van der Waals surface area contributed by atoms with Crippen molar-refractivity contribution in [3.8, 4) is 5.75 Å². The van der Waals surface area contributed by atoms with E-state index in [1.165, 1.54) is 31.0 Å². The van der Waals surface area contributed by atoms with Crippen molar-refractivity contribution >= 4 is 17.5 Å². The van der Waals surface area contributed by atoms with E-state index in [9.17, 15) is 9.18 Å². The molecule has 2 bridgehead atoms. The minimum absolute atomic E-state index is 0.0201. The maximum Gasteiger partial charge on any atom is 0.258 e. The molecule has 6 nitrogen and oxygen atoms in total. The van der Waals surface area contributed by atoms with E-state index in [1.54, 1.807) is 0 Å². The number of nitrogens with one attached hydrogen (secondary N) is 1. The van der Waals surface area contributed by atoms with Gasteiger partial charge in [0, 0.05) is 17.5 Å².